The largest absolute Gasteiger partial charge is 0.494 e. The third kappa shape index (κ3) is 4.23. The topological polar surface area (TPSA) is 35.2 Å². The maximum atomic E-state index is 6.07. The van der Waals surface area contributed by atoms with E-state index in [4.69, 9.17) is 10.5 Å². The summed E-state index contributed by atoms with van der Waals surface area (Å²) in [6.45, 7) is 6.27. The smallest absolute Gasteiger partial charge is 0.120 e. The second kappa shape index (κ2) is 6.48. The van der Waals surface area contributed by atoms with Gasteiger partial charge in [-0.15, -0.1) is 0 Å². The van der Waals surface area contributed by atoms with Crippen LogP contribution >= 0.6 is 15.9 Å². The van der Waals surface area contributed by atoms with E-state index in [-0.39, 0.29) is 0 Å². The summed E-state index contributed by atoms with van der Waals surface area (Å²) in [5.74, 6) is 0.933. The summed E-state index contributed by atoms with van der Waals surface area (Å²) in [7, 11) is 0. The van der Waals surface area contributed by atoms with Crippen molar-refractivity contribution in [3.05, 3.63) is 28.7 Å². The first-order valence-electron chi connectivity index (χ1n) is 7.53. The summed E-state index contributed by atoms with van der Waals surface area (Å²) < 4.78 is 6.94. The highest BCUT2D eigenvalue weighted by Crippen LogP contribution is 2.46. The fourth-order valence-electron chi connectivity index (χ4n) is 2.96. The molecule has 0 atom stereocenters. The van der Waals surface area contributed by atoms with Crippen LogP contribution in [0.4, 0.5) is 0 Å². The van der Waals surface area contributed by atoms with E-state index < -0.39 is 0 Å². The van der Waals surface area contributed by atoms with Crippen LogP contribution in [0.2, 0.25) is 0 Å². The average molecular weight is 340 g/mol. The SMILES string of the molecule is CC1(C)CCC(CN)(CCOc2cccc(Br)c2)CC1. The molecule has 1 aliphatic carbocycles. The van der Waals surface area contributed by atoms with Crippen LogP contribution in [0, 0.1) is 10.8 Å². The quantitative estimate of drug-likeness (QED) is 0.838. The molecule has 1 aromatic rings. The lowest BCUT2D eigenvalue weighted by Gasteiger charge is -2.43. The van der Waals surface area contributed by atoms with Crippen LogP contribution in [0.1, 0.15) is 46.0 Å². The van der Waals surface area contributed by atoms with Crippen LogP contribution in [-0.2, 0) is 0 Å². The van der Waals surface area contributed by atoms with Crippen molar-refractivity contribution in [2.24, 2.45) is 16.6 Å². The Balaban J connectivity index is 1.85. The predicted octanol–water partition coefficient (Wildman–Crippen LogP) is 4.76. The van der Waals surface area contributed by atoms with Gasteiger partial charge in [-0.3, -0.25) is 0 Å². The number of rotatable bonds is 5. The zero-order valence-corrected chi connectivity index (χ0v) is 14.2. The number of nitrogens with two attached hydrogens (primary N) is 1. The molecule has 0 unspecified atom stereocenters. The molecule has 0 radical (unpaired) electrons. The molecule has 0 heterocycles. The van der Waals surface area contributed by atoms with E-state index in [1.165, 1.54) is 25.7 Å². The fraction of sp³-hybridized carbons (Fsp3) is 0.647. The molecule has 0 aliphatic heterocycles. The Labute approximate surface area is 131 Å². The standard InChI is InChI=1S/C17H26BrNO/c1-16(2)6-8-17(13-19,9-7-16)10-11-20-15-5-3-4-14(18)12-15/h3-5,12H,6-11,13,19H2,1-2H3. The molecule has 0 aromatic heterocycles. The van der Waals surface area contributed by atoms with Gasteiger partial charge in [-0.2, -0.15) is 0 Å². The van der Waals surface area contributed by atoms with Gasteiger partial charge < -0.3 is 10.5 Å². The summed E-state index contributed by atoms with van der Waals surface area (Å²) in [6.07, 6.45) is 6.09. The Hall–Kier alpha value is -0.540. The normalized spacial score (nSPS) is 20.6. The van der Waals surface area contributed by atoms with Crippen LogP contribution in [-0.4, -0.2) is 13.2 Å². The number of halogens is 1. The van der Waals surface area contributed by atoms with Crippen LogP contribution in [0.3, 0.4) is 0 Å². The molecule has 3 heteroatoms. The number of ether oxygens (including phenoxy) is 1. The lowest BCUT2D eigenvalue weighted by atomic mass is 9.64. The molecule has 2 nitrogen and oxygen atoms in total. The average Bonchev–Trinajstić information content (AvgIpc) is 2.41. The van der Waals surface area contributed by atoms with Crippen molar-refractivity contribution in [1.82, 2.24) is 0 Å². The molecular formula is C17H26BrNO. The van der Waals surface area contributed by atoms with Gasteiger partial charge in [-0.1, -0.05) is 35.8 Å². The number of hydrogen-bond acceptors (Lipinski definition) is 2. The van der Waals surface area contributed by atoms with E-state index in [0.29, 0.717) is 10.8 Å². The van der Waals surface area contributed by atoms with Crippen LogP contribution < -0.4 is 10.5 Å². The molecule has 1 fully saturated rings. The molecule has 0 spiro atoms. The van der Waals surface area contributed by atoms with Gasteiger partial charge in [0.1, 0.15) is 5.75 Å². The minimum absolute atomic E-state index is 0.293. The summed E-state index contributed by atoms with van der Waals surface area (Å²) >= 11 is 3.47. The third-order valence-electron chi connectivity index (χ3n) is 4.79. The highest BCUT2D eigenvalue weighted by molar-refractivity contribution is 9.10. The first kappa shape index (κ1) is 15.8. The van der Waals surface area contributed by atoms with Gasteiger partial charge in [0.25, 0.3) is 0 Å². The van der Waals surface area contributed by atoms with Crippen molar-refractivity contribution in [3.8, 4) is 5.75 Å². The molecule has 0 saturated heterocycles. The first-order valence-corrected chi connectivity index (χ1v) is 8.33. The number of benzene rings is 1. The van der Waals surface area contributed by atoms with Crippen molar-refractivity contribution in [1.29, 1.82) is 0 Å². The van der Waals surface area contributed by atoms with Crippen LogP contribution in [0.15, 0.2) is 28.7 Å². The third-order valence-corrected chi connectivity index (χ3v) is 5.29. The van der Waals surface area contributed by atoms with Crippen molar-refractivity contribution >= 4 is 15.9 Å². The Morgan fingerprint density at radius 1 is 1.20 bits per heavy atom. The molecule has 0 bridgehead atoms. The van der Waals surface area contributed by atoms with Gasteiger partial charge in [0.2, 0.25) is 0 Å². The second-order valence-corrected chi connectivity index (χ2v) is 7.84. The first-order chi connectivity index (χ1) is 9.45. The molecule has 2 N–H and O–H groups in total. The Bertz CT molecular complexity index is 434. The fourth-order valence-corrected chi connectivity index (χ4v) is 3.33. The van der Waals surface area contributed by atoms with E-state index >= 15 is 0 Å². The summed E-state index contributed by atoms with van der Waals surface area (Å²) in [5.41, 5.74) is 6.85. The summed E-state index contributed by atoms with van der Waals surface area (Å²) in [5, 5.41) is 0. The summed E-state index contributed by atoms with van der Waals surface area (Å²) in [6, 6.07) is 8.03. The molecule has 1 aliphatic rings. The van der Waals surface area contributed by atoms with Gasteiger partial charge in [0.15, 0.2) is 0 Å². The van der Waals surface area contributed by atoms with Gasteiger partial charge in [0, 0.05) is 4.47 Å². The van der Waals surface area contributed by atoms with Crippen LogP contribution in [0.25, 0.3) is 0 Å². The van der Waals surface area contributed by atoms with Gasteiger partial charge in [-0.05, 0) is 67.7 Å². The van der Waals surface area contributed by atoms with Crippen molar-refractivity contribution in [3.63, 3.8) is 0 Å². The lowest BCUT2D eigenvalue weighted by molar-refractivity contribution is 0.0835. The highest BCUT2D eigenvalue weighted by atomic mass is 79.9. The molecule has 20 heavy (non-hydrogen) atoms. The lowest BCUT2D eigenvalue weighted by Crippen LogP contribution is -2.38. The van der Waals surface area contributed by atoms with Crippen LogP contribution in [0.5, 0.6) is 5.75 Å². The van der Waals surface area contributed by atoms with Gasteiger partial charge in [-0.25, -0.2) is 0 Å². The van der Waals surface area contributed by atoms with Crippen molar-refractivity contribution in [2.45, 2.75) is 46.0 Å². The predicted molar refractivity (Wildman–Crippen MR) is 88.0 cm³/mol. The van der Waals surface area contributed by atoms with Crippen molar-refractivity contribution in [2.75, 3.05) is 13.2 Å². The maximum absolute atomic E-state index is 6.07. The molecular weight excluding hydrogens is 314 g/mol. The van der Waals surface area contributed by atoms with E-state index in [2.05, 4.69) is 29.8 Å². The van der Waals surface area contributed by atoms with Gasteiger partial charge in [0.05, 0.1) is 6.61 Å². The Kier molecular flexibility index (Phi) is 5.14. The second-order valence-electron chi connectivity index (χ2n) is 6.92. The van der Waals surface area contributed by atoms with E-state index in [0.717, 1.165) is 29.8 Å². The van der Waals surface area contributed by atoms with E-state index in [1.807, 2.05) is 24.3 Å². The minimum Gasteiger partial charge on any atom is -0.494 e. The van der Waals surface area contributed by atoms with Gasteiger partial charge >= 0.3 is 0 Å². The molecule has 2 rings (SSSR count). The zero-order chi connectivity index (χ0) is 14.6. The number of hydrogen-bond donors (Lipinski definition) is 1. The summed E-state index contributed by atoms with van der Waals surface area (Å²) in [4.78, 5) is 0. The molecule has 1 aromatic carbocycles. The zero-order valence-electron chi connectivity index (χ0n) is 12.6. The Morgan fingerprint density at radius 2 is 1.90 bits per heavy atom. The molecule has 112 valence electrons. The minimum atomic E-state index is 0.293. The van der Waals surface area contributed by atoms with Crippen molar-refractivity contribution < 1.29 is 4.74 Å². The molecule has 1 saturated carbocycles. The Morgan fingerprint density at radius 3 is 2.50 bits per heavy atom. The molecule has 0 amide bonds. The van der Waals surface area contributed by atoms with E-state index in [9.17, 15) is 0 Å². The maximum Gasteiger partial charge on any atom is 0.120 e. The highest BCUT2D eigenvalue weighted by Gasteiger charge is 2.37. The monoisotopic (exact) mass is 339 g/mol. The van der Waals surface area contributed by atoms with E-state index in [1.54, 1.807) is 0 Å².